The van der Waals surface area contributed by atoms with Crippen LogP contribution in [-0.2, 0) is 11.0 Å². The largest absolute Gasteiger partial charge is 0.416 e. The minimum Gasteiger partial charge on any atom is -0.303 e. The van der Waals surface area contributed by atoms with Gasteiger partial charge in [0.2, 0.25) is 5.91 Å². The minimum absolute atomic E-state index is 0.0695. The van der Waals surface area contributed by atoms with Gasteiger partial charge in [0, 0.05) is 5.56 Å². The van der Waals surface area contributed by atoms with Crippen molar-refractivity contribution in [1.82, 2.24) is 14.8 Å². The molecule has 216 valence electrons. The summed E-state index contributed by atoms with van der Waals surface area (Å²) in [6.07, 6.45) is -3.30. The van der Waals surface area contributed by atoms with Gasteiger partial charge in [-0.2, -0.15) is 18.2 Å². The first-order valence-corrected chi connectivity index (χ1v) is 13.7. The van der Waals surface area contributed by atoms with Crippen molar-refractivity contribution in [2.45, 2.75) is 32.9 Å². The molecule has 1 aromatic heterocycles. The second-order valence-corrected chi connectivity index (χ2v) is 10.8. The molecular formula is C29H24F4N6O2S. The van der Waals surface area contributed by atoms with Gasteiger partial charge in [0.15, 0.2) is 11.0 Å². The molecule has 3 amide bonds. The predicted molar refractivity (Wildman–Crippen MR) is 153 cm³/mol. The van der Waals surface area contributed by atoms with Gasteiger partial charge in [0.05, 0.1) is 28.4 Å². The zero-order valence-electron chi connectivity index (χ0n) is 22.6. The molecule has 5 rings (SSSR count). The van der Waals surface area contributed by atoms with E-state index in [1.807, 2.05) is 39.0 Å². The number of rotatable bonds is 5. The summed E-state index contributed by atoms with van der Waals surface area (Å²) in [5, 5.41) is 6.75. The quantitative estimate of drug-likeness (QED) is 0.246. The SMILES string of the molecule is Cc1ccc(C(C)C)c(N2C(=O)CSC2=NC(=O)Nc2ccc(-c3ncn(-c4cccc(C(F)(F)F)c4)n3)cc2F)c1. The highest BCUT2D eigenvalue weighted by Gasteiger charge is 2.33. The molecule has 0 saturated carbocycles. The van der Waals surface area contributed by atoms with Crippen molar-refractivity contribution < 1.29 is 27.2 Å². The van der Waals surface area contributed by atoms with Crippen LogP contribution in [0.1, 0.15) is 36.5 Å². The molecule has 1 aliphatic rings. The summed E-state index contributed by atoms with van der Waals surface area (Å²) in [4.78, 5) is 35.1. The lowest BCUT2D eigenvalue weighted by atomic mass is 9.99. The number of hydrogen-bond donors (Lipinski definition) is 1. The Balaban J connectivity index is 1.34. The summed E-state index contributed by atoms with van der Waals surface area (Å²) in [5.74, 6) is -0.718. The molecule has 2 heterocycles. The highest BCUT2D eigenvalue weighted by molar-refractivity contribution is 8.15. The third kappa shape index (κ3) is 6.05. The summed E-state index contributed by atoms with van der Waals surface area (Å²) in [6, 6.07) is 13.3. The van der Waals surface area contributed by atoms with E-state index in [9.17, 15) is 27.2 Å². The Labute approximate surface area is 242 Å². The fourth-order valence-corrected chi connectivity index (χ4v) is 5.21. The van der Waals surface area contributed by atoms with E-state index >= 15 is 0 Å². The first kappa shape index (κ1) is 29.0. The maximum absolute atomic E-state index is 15.0. The van der Waals surface area contributed by atoms with Crippen LogP contribution < -0.4 is 10.2 Å². The van der Waals surface area contributed by atoms with Crippen LogP contribution >= 0.6 is 11.8 Å². The van der Waals surface area contributed by atoms with E-state index in [1.165, 1.54) is 35.5 Å². The Morgan fingerprint density at radius 3 is 2.60 bits per heavy atom. The topological polar surface area (TPSA) is 92.5 Å². The lowest BCUT2D eigenvalue weighted by molar-refractivity contribution is -0.137. The number of carbonyl (C=O) groups is 2. The lowest BCUT2D eigenvalue weighted by Gasteiger charge is -2.22. The normalized spacial score (nSPS) is 14.7. The fourth-order valence-electron chi connectivity index (χ4n) is 4.35. The van der Waals surface area contributed by atoms with Crippen molar-refractivity contribution in [3.05, 3.63) is 89.5 Å². The van der Waals surface area contributed by atoms with Gasteiger partial charge in [0.25, 0.3) is 0 Å². The molecule has 1 N–H and O–H groups in total. The lowest BCUT2D eigenvalue weighted by Crippen LogP contribution is -2.31. The summed E-state index contributed by atoms with van der Waals surface area (Å²) in [6.45, 7) is 5.91. The van der Waals surface area contributed by atoms with E-state index in [0.29, 0.717) is 5.69 Å². The molecule has 42 heavy (non-hydrogen) atoms. The van der Waals surface area contributed by atoms with E-state index in [0.717, 1.165) is 45.8 Å². The summed E-state index contributed by atoms with van der Waals surface area (Å²) in [7, 11) is 0. The number of nitrogens with one attached hydrogen (secondary N) is 1. The van der Waals surface area contributed by atoms with Crippen molar-refractivity contribution in [2.75, 3.05) is 16.0 Å². The monoisotopic (exact) mass is 596 g/mol. The second kappa shape index (κ2) is 11.4. The van der Waals surface area contributed by atoms with Crippen molar-refractivity contribution in [2.24, 2.45) is 4.99 Å². The third-order valence-corrected chi connectivity index (χ3v) is 7.33. The number of urea groups is 1. The number of anilines is 2. The van der Waals surface area contributed by atoms with Crippen molar-refractivity contribution in [1.29, 1.82) is 0 Å². The maximum Gasteiger partial charge on any atom is 0.416 e. The molecule has 3 aromatic carbocycles. The summed E-state index contributed by atoms with van der Waals surface area (Å²) in [5.41, 5.74) is 1.90. The zero-order valence-corrected chi connectivity index (χ0v) is 23.4. The van der Waals surface area contributed by atoms with Crippen LogP contribution in [0.15, 0.2) is 72.0 Å². The molecular weight excluding hydrogens is 572 g/mol. The van der Waals surface area contributed by atoms with Crippen molar-refractivity contribution in [3.8, 4) is 17.1 Å². The average Bonchev–Trinajstić information content (AvgIpc) is 3.56. The molecule has 0 spiro atoms. The first-order valence-electron chi connectivity index (χ1n) is 12.8. The second-order valence-electron chi connectivity index (χ2n) is 9.81. The number of benzene rings is 3. The highest BCUT2D eigenvalue weighted by Crippen LogP contribution is 2.34. The standard InChI is InChI=1S/C29H24F4N6O2S/c1-16(2)21-9-7-17(3)11-24(21)39-25(40)14-42-28(39)36-27(41)35-23-10-8-18(12-22(23)30)26-34-15-38(37-26)20-6-4-5-19(13-20)29(31,32)33/h4-13,15-16H,14H2,1-3H3,(H,35,41). The molecule has 4 aromatic rings. The molecule has 0 aliphatic carbocycles. The Kier molecular flexibility index (Phi) is 7.87. The van der Waals surface area contributed by atoms with Crippen LogP contribution in [0.5, 0.6) is 0 Å². The summed E-state index contributed by atoms with van der Waals surface area (Å²) >= 11 is 1.12. The summed E-state index contributed by atoms with van der Waals surface area (Å²) < 4.78 is 55.4. The van der Waals surface area contributed by atoms with Gasteiger partial charge >= 0.3 is 12.2 Å². The van der Waals surface area contributed by atoms with Gasteiger partial charge in [-0.05, 0) is 66.4 Å². The number of aliphatic imine (C=N–C) groups is 1. The number of aromatic nitrogens is 3. The van der Waals surface area contributed by atoms with Gasteiger partial charge in [-0.25, -0.2) is 18.9 Å². The van der Waals surface area contributed by atoms with E-state index in [4.69, 9.17) is 0 Å². The smallest absolute Gasteiger partial charge is 0.303 e. The van der Waals surface area contributed by atoms with Crippen LogP contribution in [0.4, 0.5) is 33.7 Å². The van der Waals surface area contributed by atoms with Crippen LogP contribution in [0.25, 0.3) is 17.1 Å². The van der Waals surface area contributed by atoms with Gasteiger partial charge in [0.1, 0.15) is 12.1 Å². The molecule has 13 heteroatoms. The van der Waals surface area contributed by atoms with Gasteiger partial charge < -0.3 is 5.32 Å². The molecule has 0 radical (unpaired) electrons. The third-order valence-electron chi connectivity index (χ3n) is 6.41. The molecule has 0 atom stereocenters. The van der Waals surface area contributed by atoms with Crippen molar-refractivity contribution >= 4 is 40.2 Å². The molecule has 1 fully saturated rings. The van der Waals surface area contributed by atoms with Crippen LogP contribution in [-0.4, -0.2) is 37.6 Å². The molecule has 1 aliphatic heterocycles. The average molecular weight is 597 g/mol. The first-order chi connectivity index (χ1) is 19.9. The molecule has 8 nitrogen and oxygen atoms in total. The molecule has 0 bridgehead atoms. The van der Waals surface area contributed by atoms with Crippen LogP contribution in [0, 0.1) is 12.7 Å². The Bertz CT molecular complexity index is 1720. The highest BCUT2D eigenvalue weighted by atomic mass is 32.2. The predicted octanol–water partition coefficient (Wildman–Crippen LogP) is 7.19. The number of alkyl halides is 3. The van der Waals surface area contributed by atoms with Gasteiger partial charge in [-0.3, -0.25) is 9.69 Å². The number of nitrogens with zero attached hydrogens (tertiary/aromatic N) is 5. The Morgan fingerprint density at radius 1 is 1.10 bits per heavy atom. The van der Waals surface area contributed by atoms with Gasteiger partial charge in [-0.1, -0.05) is 43.8 Å². The maximum atomic E-state index is 15.0. The number of hydrogen-bond acceptors (Lipinski definition) is 5. The van der Waals surface area contributed by atoms with Gasteiger partial charge in [-0.15, -0.1) is 5.10 Å². The number of carbonyl (C=O) groups excluding carboxylic acids is 2. The number of amidine groups is 1. The number of halogens is 4. The van der Waals surface area contributed by atoms with E-state index in [-0.39, 0.29) is 45.5 Å². The minimum atomic E-state index is -4.52. The number of thioether (sulfide) groups is 1. The van der Waals surface area contributed by atoms with Crippen LogP contribution in [0.3, 0.4) is 0 Å². The fraction of sp³-hybridized carbons (Fsp3) is 0.207. The van der Waals surface area contributed by atoms with Crippen LogP contribution in [0.2, 0.25) is 0 Å². The molecule has 0 unspecified atom stereocenters. The Morgan fingerprint density at radius 2 is 1.88 bits per heavy atom. The zero-order chi connectivity index (χ0) is 30.2. The Hall–Kier alpha value is -4.52. The number of aryl methyl sites for hydroxylation is 1. The molecule has 1 saturated heterocycles. The number of amides is 3. The van der Waals surface area contributed by atoms with E-state index in [2.05, 4.69) is 20.4 Å². The van der Waals surface area contributed by atoms with Crippen molar-refractivity contribution in [3.63, 3.8) is 0 Å². The van der Waals surface area contributed by atoms with E-state index in [1.54, 1.807) is 0 Å². The van der Waals surface area contributed by atoms with E-state index < -0.39 is 23.6 Å².